The van der Waals surface area contributed by atoms with Crippen molar-refractivity contribution in [1.82, 2.24) is 5.32 Å². The Balaban J connectivity index is 1.91. The number of hydrogen-bond acceptors (Lipinski definition) is 5. The van der Waals surface area contributed by atoms with E-state index in [1.165, 1.54) is 0 Å². The number of ether oxygens (including phenoxy) is 1. The number of aromatic hydroxyl groups is 1. The largest absolute Gasteiger partial charge is 0.508 e. The molecule has 0 aliphatic heterocycles. The first-order valence-electron chi connectivity index (χ1n) is 8.93. The average Bonchev–Trinajstić information content (AvgIpc) is 2.62. The predicted molar refractivity (Wildman–Crippen MR) is 103 cm³/mol. The van der Waals surface area contributed by atoms with Gasteiger partial charge in [0.2, 0.25) is 0 Å². The standard InChI is InChI=1S/C21H27NO5/c1-13-11-19(27-12-20(24)25)14(2)10-17(13)8-9-22-15(3)21(26)16-4-6-18(23)7-5-16/h4-7,10-11,15,21-23,26H,8-9,12H2,1-3H3,(H,24,25)/t15-,21+/m0/s1. The number of benzene rings is 2. The second-order valence-corrected chi connectivity index (χ2v) is 6.76. The SMILES string of the molecule is Cc1cc(OCC(=O)O)c(C)cc1CCN[C@@H](C)[C@@H](O)c1ccc(O)cc1. The third-order valence-electron chi connectivity index (χ3n) is 4.55. The maximum absolute atomic E-state index is 10.6. The quantitative estimate of drug-likeness (QED) is 0.539. The summed E-state index contributed by atoms with van der Waals surface area (Å²) in [6, 6.07) is 10.3. The minimum Gasteiger partial charge on any atom is -0.508 e. The molecule has 2 aromatic rings. The van der Waals surface area contributed by atoms with Crippen LogP contribution in [0.5, 0.6) is 11.5 Å². The lowest BCUT2D eigenvalue weighted by atomic mass is 10.0. The first-order chi connectivity index (χ1) is 12.8. The van der Waals surface area contributed by atoms with Crippen molar-refractivity contribution >= 4 is 5.97 Å². The molecule has 0 fully saturated rings. The summed E-state index contributed by atoms with van der Waals surface area (Å²) in [5, 5.41) is 31.8. The van der Waals surface area contributed by atoms with E-state index in [0.29, 0.717) is 12.3 Å². The normalized spacial score (nSPS) is 13.2. The average molecular weight is 373 g/mol. The zero-order valence-electron chi connectivity index (χ0n) is 15.9. The first-order valence-corrected chi connectivity index (χ1v) is 8.93. The highest BCUT2D eigenvalue weighted by Gasteiger charge is 2.16. The molecule has 6 nitrogen and oxygen atoms in total. The molecule has 146 valence electrons. The molecule has 0 radical (unpaired) electrons. The molecule has 0 spiro atoms. The number of aliphatic carboxylic acids is 1. The van der Waals surface area contributed by atoms with Gasteiger partial charge in [-0.05, 0) is 74.2 Å². The molecule has 2 atom stereocenters. The summed E-state index contributed by atoms with van der Waals surface area (Å²) in [7, 11) is 0. The van der Waals surface area contributed by atoms with Gasteiger partial charge in [0.25, 0.3) is 0 Å². The Morgan fingerprint density at radius 1 is 1.15 bits per heavy atom. The van der Waals surface area contributed by atoms with E-state index in [1.54, 1.807) is 24.3 Å². The van der Waals surface area contributed by atoms with Crippen LogP contribution in [0.25, 0.3) is 0 Å². The van der Waals surface area contributed by atoms with E-state index in [4.69, 9.17) is 9.84 Å². The number of carbonyl (C=O) groups is 1. The monoisotopic (exact) mass is 373 g/mol. The minimum absolute atomic E-state index is 0.144. The molecule has 0 aromatic heterocycles. The fraction of sp³-hybridized carbons (Fsp3) is 0.381. The number of aryl methyl sites for hydroxylation is 2. The number of phenols is 1. The summed E-state index contributed by atoms with van der Waals surface area (Å²) in [4.78, 5) is 10.6. The van der Waals surface area contributed by atoms with Gasteiger partial charge in [0, 0.05) is 6.04 Å². The molecule has 4 N–H and O–H groups in total. The smallest absolute Gasteiger partial charge is 0.341 e. The highest BCUT2D eigenvalue weighted by Crippen LogP contribution is 2.24. The number of aliphatic hydroxyl groups excluding tert-OH is 1. The molecule has 0 saturated heterocycles. The lowest BCUT2D eigenvalue weighted by molar-refractivity contribution is -0.139. The number of aliphatic hydroxyl groups is 1. The molecule has 27 heavy (non-hydrogen) atoms. The van der Waals surface area contributed by atoms with Crippen LogP contribution in [0.1, 0.15) is 35.3 Å². The number of carboxylic acid groups (broad SMARTS) is 1. The predicted octanol–water partition coefficient (Wildman–Crippen LogP) is 2.73. The van der Waals surface area contributed by atoms with Crippen LogP contribution in [0.3, 0.4) is 0 Å². The summed E-state index contributed by atoms with van der Waals surface area (Å²) in [5.41, 5.74) is 3.83. The zero-order valence-corrected chi connectivity index (χ0v) is 15.9. The van der Waals surface area contributed by atoms with E-state index < -0.39 is 12.1 Å². The lowest BCUT2D eigenvalue weighted by Gasteiger charge is -2.21. The van der Waals surface area contributed by atoms with E-state index in [2.05, 4.69) is 5.32 Å². The van der Waals surface area contributed by atoms with Gasteiger partial charge < -0.3 is 25.4 Å². The molecule has 0 heterocycles. The van der Waals surface area contributed by atoms with Crippen LogP contribution in [-0.2, 0) is 11.2 Å². The Morgan fingerprint density at radius 3 is 2.44 bits per heavy atom. The third kappa shape index (κ3) is 5.98. The summed E-state index contributed by atoms with van der Waals surface area (Å²) in [6.07, 6.45) is 0.110. The zero-order chi connectivity index (χ0) is 20.0. The maximum atomic E-state index is 10.6. The lowest BCUT2D eigenvalue weighted by Crippen LogP contribution is -2.33. The molecule has 0 saturated carbocycles. The summed E-state index contributed by atoms with van der Waals surface area (Å²) >= 11 is 0. The number of hydrogen-bond donors (Lipinski definition) is 4. The molecule has 6 heteroatoms. The molecule has 0 aliphatic carbocycles. The van der Waals surface area contributed by atoms with Gasteiger partial charge >= 0.3 is 5.97 Å². The second kappa shape index (κ2) is 9.39. The van der Waals surface area contributed by atoms with Crippen molar-refractivity contribution in [3.05, 3.63) is 58.7 Å². The van der Waals surface area contributed by atoms with Gasteiger partial charge in [-0.25, -0.2) is 4.79 Å². The molecule has 0 bridgehead atoms. The highest BCUT2D eigenvalue weighted by molar-refractivity contribution is 5.68. The summed E-state index contributed by atoms with van der Waals surface area (Å²) in [5.74, 6) is -0.238. The molecule has 0 unspecified atom stereocenters. The van der Waals surface area contributed by atoms with Crippen molar-refractivity contribution in [2.45, 2.75) is 39.3 Å². The summed E-state index contributed by atoms with van der Waals surface area (Å²) in [6.45, 7) is 6.11. The van der Waals surface area contributed by atoms with Crippen molar-refractivity contribution in [2.24, 2.45) is 0 Å². The summed E-state index contributed by atoms with van der Waals surface area (Å²) < 4.78 is 5.30. The van der Waals surface area contributed by atoms with Crippen LogP contribution >= 0.6 is 0 Å². The van der Waals surface area contributed by atoms with Gasteiger partial charge in [-0.1, -0.05) is 18.2 Å². The molecular weight excluding hydrogens is 346 g/mol. The molecule has 0 aliphatic rings. The number of rotatable bonds is 9. The Labute approximate surface area is 159 Å². The van der Waals surface area contributed by atoms with Gasteiger partial charge in [-0.15, -0.1) is 0 Å². The van der Waals surface area contributed by atoms with Crippen LogP contribution in [0.15, 0.2) is 36.4 Å². The van der Waals surface area contributed by atoms with Crippen LogP contribution in [0.2, 0.25) is 0 Å². The topological polar surface area (TPSA) is 99.0 Å². The van der Waals surface area contributed by atoms with Gasteiger partial charge in [-0.3, -0.25) is 0 Å². The van der Waals surface area contributed by atoms with E-state index in [1.807, 2.05) is 32.9 Å². The van der Waals surface area contributed by atoms with Gasteiger partial charge in [0.05, 0.1) is 6.10 Å². The minimum atomic E-state index is -0.999. The van der Waals surface area contributed by atoms with Crippen molar-refractivity contribution in [3.63, 3.8) is 0 Å². The highest BCUT2D eigenvalue weighted by atomic mass is 16.5. The van der Waals surface area contributed by atoms with E-state index in [0.717, 1.165) is 28.7 Å². The van der Waals surface area contributed by atoms with Crippen LogP contribution in [0.4, 0.5) is 0 Å². The maximum Gasteiger partial charge on any atom is 0.341 e. The van der Waals surface area contributed by atoms with Crippen molar-refractivity contribution in [2.75, 3.05) is 13.2 Å². The van der Waals surface area contributed by atoms with Crippen molar-refractivity contribution in [1.29, 1.82) is 0 Å². The van der Waals surface area contributed by atoms with E-state index in [-0.39, 0.29) is 18.4 Å². The van der Waals surface area contributed by atoms with Crippen LogP contribution in [-0.4, -0.2) is 40.5 Å². The van der Waals surface area contributed by atoms with Crippen LogP contribution < -0.4 is 10.1 Å². The van der Waals surface area contributed by atoms with Gasteiger partial charge in [0.1, 0.15) is 11.5 Å². The van der Waals surface area contributed by atoms with Gasteiger partial charge in [-0.2, -0.15) is 0 Å². The van der Waals surface area contributed by atoms with Gasteiger partial charge in [0.15, 0.2) is 6.61 Å². The fourth-order valence-electron chi connectivity index (χ4n) is 2.92. The number of nitrogens with one attached hydrogen (secondary N) is 1. The molecule has 0 amide bonds. The first kappa shape index (κ1) is 20.7. The molecule has 2 rings (SSSR count). The van der Waals surface area contributed by atoms with E-state index in [9.17, 15) is 15.0 Å². The molecular formula is C21H27NO5. The fourth-order valence-corrected chi connectivity index (χ4v) is 2.92. The molecule has 2 aromatic carbocycles. The Hall–Kier alpha value is -2.57. The van der Waals surface area contributed by atoms with Crippen molar-refractivity contribution in [3.8, 4) is 11.5 Å². The Kier molecular flexibility index (Phi) is 7.21. The Morgan fingerprint density at radius 2 is 1.81 bits per heavy atom. The van der Waals surface area contributed by atoms with Crippen molar-refractivity contribution < 1.29 is 24.9 Å². The van der Waals surface area contributed by atoms with E-state index >= 15 is 0 Å². The number of carboxylic acids is 1. The third-order valence-corrected chi connectivity index (χ3v) is 4.55. The van der Waals surface area contributed by atoms with Crippen LogP contribution in [0, 0.1) is 13.8 Å². The second-order valence-electron chi connectivity index (χ2n) is 6.76. The number of phenolic OH excluding ortho intramolecular Hbond substituents is 1. The Bertz CT molecular complexity index is 773.